The van der Waals surface area contributed by atoms with Crippen LogP contribution in [0.3, 0.4) is 0 Å². The quantitative estimate of drug-likeness (QED) is 0.0464. The second-order valence-corrected chi connectivity index (χ2v) is 18.2. The number of nitrogens with zero attached hydrogens (tertiary/aromatic N) is 8. The topological polar surface area (TPSA) is 184 Å². The molecule has 0 saturated heterocycles. The van der Waals surface area contributed by atoms with Gasteiger partial charge in [0.25, 0.3) is 0 Å². The Hall–Kier alpha value is -7.82. The molecule has 2 N–H and O–H groups in total. The number of anilines is 2. The van der Waals surface area contributed by atoms with Gasteiger partial charge in [-0.25, -0.2) is 29.5 Å². The molecular formula is C56H62N8O8. The third-order valence-electron chi connectivity index (χ3n) is 12.3. The molecule has 6 aromatic heterocycles. The van der Waals surface area contributed by atoms with E-state index in [-0.39, 0.29) is 11.4 Å². The second kappa shape index (κ2) is 24.3. The summed E-state index contributed by atoms with van der Waals surface area (Å²) in [6, 6.07) is 33.9. The number of carbonyl (C=O) groups is 2. The molecule has 72 heavy (non-hydrogen) atoms. The first-order valence-electron chi connectivity index (χ1n) is 24.4. The average Bonchev–Trinajstić information content (AvgIpc) is 4.02. The summed E-state index contributed by atoms with van der Waals surface area (Å²) >= 11 is 0. The van der Waals surface area contributed by atoms with Gasteiger partial charge in [0.15, 0.2) is 0 Å². The Balaban J connectivity index is 0.843. The van der Waals surface area contributed by atoms with Crippen LogP contribution in [-0.2, 0) is 13.1 Å². The van der Waals surface area contributed by atoms with Crippen molar-refractivity contribution in [1.29, 1.82) is 0 Å². The van der Waals surface area contributed by atoms with Crippen LogP contribution in [0.5, 0.6) is 11.5 Å². The van der Waals surface area contributed by atoms with Crippen molar-refractivity contribution in [3.63, 3.8) is 0 Å². The van der Waals surface area contributed by atoms with Crippen molar-refractivity contribution in [3.8, 4) is 34.1 Å². The van der Waals surface area contributed by atoms with E-state index in [4.69, 9.17) is 18.3 Å². The van der Waals surface area contributed by atoms with Gasteiger partial charge in [-0.05, 0) is 149 Å². The van der Waals surface area contributed by atoms with Crippen molar-refractivity contribution in [2.45, 2.75) is 51.6 Å². The number of rotatable bonds is 27. The highest BCUT2D eigenvalue weighted by atomic mass is 16.5. The van der Waals surface area contributed by atoms with Gasteiger partial charge in [-0.3, -0.25) is 9.80 Å². The molecule has 0 aliphatic carbocycles. The van der Waals surface area contributed by atoms with Crippen molar-refractivity contribution in [3.05, 3.63) is 144 Å². The molecule has 0 fully saturated rings. The lowest BCUT2D eigenvalue weighted by Gasteiger charge is -2.28. The lowest BCUT2D eigenvalue weighted by atomic mass is 10.2. The van der Waals surface area contributed by atoms with Crippen molar-refractivity contribution >= 4 is 45.5 Å². The lowest BCUT2D eigenvalue weighted by Crippen LogP contribution is -2.36. The maximum Gasteiger partial charge on any atom is 0.354 e. The molecule has 8 aromatic rings. The summed E-state index contributed by atoms with van der Waals surface area (Å²) in [7, 11) is 7.83. The summed E-state index contributed by atoms with van der Waals surface area (Å²) in [4.78, 5) is 50.1. The second-order valence-electron chi connectivity index (χ2n) is 18.2. The molecule has 0 aliphatic heterocycles. The number of aromatic nitrogens is 4. The van der Waals surface area contributed by atoms with Gasteiger partial charge in [0.05, 0.1) is 24.6 Å². The summed E-state index contributed by atoms with van der Waals surface area (Å²) in [5, 5.41) is 21.3. The number of ether oxygens (including phenoxy) is 2. The Labute approximate surface area is 419 Å². The third-order valence-corrected chi connectivity index (χ3v) is 12.3. The molecule has 0 amide bonds. The molecule has 16 nitrogen and oxygen atoms in total. The molecule has 0 atom stereocenters. The Morgan fingerprint density at radius 3 is 1.35 bits per heavy atom. The van der Waals surface area contributed by atoms with Gasteiger partial charge in [0.2, 0.25) is 0 Å². The summed E-state index contributed by atoms with van der Waals surface area (Å²) < 4.78 is 24.6. The summed E-state index contributed by atoms with van der Waals surface area (Å²) in [6.07, 6.45) is 8.97. The number of unbranched alkanes of at least 4 members (excludes halogenated alkanes) is 4. The number of pyridine rings is 4. The number of fused-ring (bicyclic) bond motifs is 2. The Kier molecular flexibility index (Phi) is 17.1. The molecule has 0 radical (unpaired) electrons. The van der Waals surface area contributed by atoms with Gasteiger partial charge in [0.1, 0.15) is 57.2 Å². The largest absolute Gasteiger partial charge is 0.494 e. The first-order chi connectivity index (χ1) is 34.9. The van der Waals surface area contributed by atoms with Crippen LogP contribution in [-0.4, -0.2) is 119 Å². The molecule has 2 aromatic carbocycles. The van der Waals surface area contributed by atoms with Gasteiger partial charge in [-0.1, -0.05) is 12.1 Å². The Morgan fingerprint density at radius 2 is 0.958 bits per heavy atom. The highest BCUT2D eigenvalue weighted by molar-refractivity contribution is 5.86. The third kappa shape index (κ3) is 13.9. The van der Waals surface area contributed by atoms with Crippen molar-refractivity contribution < 1.29 is 38.1 Å². The molecule has 8 rings (SSSR count). The van der Waals surface area contributed by atoms with Crippen LogP contribution < -0.4 is 19.3 Å². The van der Waals surface area contributed by atoms with E-state index >= 15 is 0 Å². The van der Waals surface area contributed by atoms with E-state index in [2.05, 4.69) is 29.7 Å². The SMILES string of the molecule is CN(C)c1ccc(-c2cc3cc(OCCCCCN(CCN(CCCCCOc4ccc5oc(-c6ccc(N(C)C)nc6)cc5c4)Cc4cccc(C(=O)O)n4)Cc4cccc(C(=O)O)n4)ccc3o2)cn1. The lowest BCUT2D eigenvalue weighted by molar-refractivity contribution is 0.0679. The van der Waals surface area contributed by atoms with E-state index in [1.54, 1.807) is 12.1 Å². The van der Waals surface area contributed by atoms with Crippen LogP contribution in [0, 0.1) is 0 Å². The predicted molar refractivity (Wildman–Crippen MR) is 279 cm³/mol. The van der Waals surface area contributed by atoms with E-state index in [9.17, 15) is 19.8 Å². The number of furan rings is 2. The van der Waals surface area contributed by atoms with Crippen molar-refractivity contribution in [2.24, 2.45) is 0 Å². The minimum Gasteiger partial charge on any atom is -0.494 e. The van der Waals surface area contributed by atoms with Gasteiger partial charge < -0.3 is 38.3 Å². The highest BCUT2D eigenvalue weighted by Gasteiger charge is 2.16. The monoisotopic (exact) mass is 974 g/mol. The predicted octanol–water partition coefficient (Wildman–Crippen LogP) is 10.4. The van der Waals surface area contributed by atoms with E-state index in [0.717, 1.165) is 119 Å². The molecule has 0 spiro atoms. The molecule has 16 heteroatoms. The van der Waals surface area contributed by atoms with Crippen LogP contribution in [0.15, 0.2) is 130 Å². The zero-order valence-corrected chi connectivity index (χ0v) is 41.4. The van der Waals surface area contributed by atoms with Gasteiger partial charge in [0, 0.05) is 88.7 Å². The molecule has 0 unspecified atom stereocenters. The molecule has 6 heterocycles. The molecular weight excluding hydrogens is 913 g/mol. The summed E-state index contributed by atoms with van der Waals surface area (Å²) in [5.74, 6) is 2.68. The number of hydrogen-bond donors (Lipinski definition) is 2. The molecule has 0 bridgehead atoms. The molecule has 0 saturated carbocycles. The fourth-order valence-corrected chi connectivity index (χ4v) is 8.36. The first kappa shape index (κ1) is 50.6. The smallest absolute Gasteiger partial charge is 0.354 e. The van der Waals surface area contributed by atoms with Crippen LogP contribution in [0.2, 0.25) is 0 Å². The fourth-order valence-electron chi connectivity index (χ4n) is 8.36. The minimum atomic E-state index is -1.07. The standard InChI is InChI=1S/C56H62N8O8/c1-61(2)53-23-17-39(35-57-53)51-33-41-31-45(19-21-49(41)71-51)69-29-9-5-7-25-63(37-43-13-11-15-47(59-43)55(65)66)27-28-64(38-44-14-12-16-48(60-44)56(67)68)26-8-6-10-30-70-46-20-22-50-42(32-46)34-52(72-50)40-18-24-54(58-36-40)62(3)4/h11-24,31-36H,5-10,25-30,37-38H2,1-4H3,(H,65,66)(H,67,68). The number of carboxylic acids is 2. The number of benzene rings is 2. The normalized spacial score (nSPS) is 11.5. The summed E-state index contributed by atoms with van der Waals surface area (Å²) in [5.41, 5.74) is 4.75. The summed E-state index contributed by atoms with van der Waals surface area (Å²) in [6.45, 7) is 4.94. The molecule has 0 aliphatic rings. The van der Waals surface area contributed by atoms with Gasteiger partial charge in [-0.15, -0.1) is 0 Å². The van der Waals surface area contributed by atoms with Gasteiger partial charge in [-0.2, -0.15) is 0 Å². The Morgan fingerprint density at radius 1 is 0.514 bits per heavy atom. The van der Waals surface area contributed by atoms with E-state index in [1.807, 2.05) is 135 Å². The van der Waals surface area contributed by atoms with E-state index in [0.29, 0.717) is 50.8 Å². The number of aromatic carboxylic acids is 2. The van der Waals surface area contributed by atoms with Crippen molar-refractivity contribution in [2.75, 3.05) is 77.4 Å². The van der Waals surface area contributed by atoms with Crippen LogP contribution in [0.4, 0.5) is 11.6 Å². The maximum atomic E-state index is 11.8. The van der Waals surface area contributed by atoms with Gasteiger partial charge >= 0.3 is 11.9 Å². The maximum absolute atomic E-state index is 11.8. The zero-order valence-electron chi connectivity index (χ0n) is 41.4. The first-order valence-corrected chi connectivity index (χ1v) is 24.4. The van der Waals surface area contributed by atoms with Crippen molar-refractivity contribution in [1.82, 2.24) is 29.7 Å². The number of hydrogen-bond acceptors (Lipinski definition) is 14. The van der Waals surface area contributed by atoms with Crippen LogP contribution in [0.25, 0.3) is 44.6 Å². The average molecular weight is 975 g/mol. The highest BCUT2D eigenvalue weighted by Crippen LogP contribution is 2.32. The molecule has 374 valence electrons. The minimum absolute atomic E-state index is 0.0102. The van der Waals surface area contributed by atoms with Crippen LogP contribution >= 0.6 is 0 Å². The van der Waals surface area contributed by atoms with E-state index in [1.165, 1.54) is 12.1 Å². The number of carboxylic acid groups (broad SMARTS) is 2. The van der Waals surface area contributed by atoms with E-state index < -0.39 is 11.9 Å². The zero-order chi connectivity index (χ0) is 50.4. The fraction of sp³-hybridized carbons (Fsp3) is 0.321. The van der Waals surface area contributed by atoms with Crippen LogP contribution in [0.1, 0.15) is 70.9 Å². The Bertz CT molecular complexity index is 2840.